The van der Waals surface area contributed by atoms with E-state index in [9.17, 15) is 34.8 Å². The maximum atomic E-state index is 13.8. The number of benzene rings is 3. The number of aliphatic hydroxyl groups is 4. The van der Waals surface area contributed by atoms with Crippen molar-refractivity contribution >= 4 is 110 Å². The summed E-state index contributed by atoms with van der Waals surface area (Å²) in [5.74, 6) is 4.67. The number of anilines is 4. The van der Waals surface area contributed by atoms with E-state index in [2.05, 4.69) is 175 Å². The highest BCUT2D eigenvalue weighted by atomic mass is 35.5. The normalized spacial score (nSPS) is 23.7. The van der Waals surface area contributed by atoms with E-state index in [1.54, 1.807) is 25.3 Å². The Bertz CT molecular complexity index is 5430. The Morgan fingerprint density at radius 3 is 1.09 bits per heavy atom. The van der Waals surface area contributed by atoms with Crippen molar-refractivity contribution in [1.29, 1.82) is 0 Å². The molecule has 5 aromatic heterocycles. The van der Waals surface area contributed by atoms with Gasteiger partial charge in [-0.1, -0.05) is 136 Å². The van der Waals surface area contributed by atoms with E-state index >= 15 is 0 Å². The van der Waals surface area contributed by atoms with Gasteiger partial charge in [-0.25, -0.2) is 39.9 Å². The van der Waals surface area contributed by atoms with Crippen molar-refractivity contribution in [2.24, 2.45) is 0 Å². The average molecular weight is 2010 g/mol. The first kappa shape index (κ1) is 103. The van der Waals surface area contributed by atoms with Crippen LogP contribution in [0.5, 0.6) is 0 Å². The van der Waals surface area contributed by atoms with Crippen LogP contribution in [0.1, 0.15) is 219 Å². The zero-order valence-electron chi connectivity index (χ0n) is 81.3. The number of nitrogens with one attached hydrogen (secondary N) is 2. The Hall–Kier alpha value is -8.16. The van der Waals surface area contributed by atoms with Crippen LogP contribution >= 0.6 is 69.3 Å². The summed E-state index contributed by atoms with van der Waals surface area (Å²) in [4.78, 5) is 107. The molecule has 7 aliphatic heterocycles. The molecule has 6 N–H and O–H groups in total. The van der Waals surface area contributed by atoms with Crippen molar-refractivity contribution in [2.75, 3.05) is 236 Å². The zero-order valence-corrected chi connectivity index (χ0v) is 85.9. The smallest absolute Gasteiger partial charge is 0.232 e. The molecule has 4 aliphatic carbocycles. The number of fused-ring (bicyclic) bond motifs is 4. The number of likely N-dealkylation sites (N-methyl/N-ethyl adjacent to an activating group) is 1. The van der Waals surface area contributed by atoms with Crippen molar-refractivity contribution in [3.05, 3.63) is 207 Å². The number of hydrogen-bond acceptors (Lipinski definition) is 28. The number of carbonyl (C=O) groups is 3. The van der Waals surface area contributed by atoms with Crippen LogP contribution in [0.4, 0.5) is 23.3 Å². The molecule has 0 unspecified atom stereocenters. The van der Waals surface area contributed by atoms with Gasteiger partial charge in [-0.15, -0.1) is 11.3 Å². The van der Waals surface area contributed by atoms with Crippen LogP contribution in [0.2, 0.25) is 24.4 Å². The number of amides is 3. The van der Waals surface area contributed by atoms with Gasteiger partial charge in [0, 0.05) is 270 Å². The maximum Gasteiger partial charge on any atom is 0.232 e. The number of hydrogen-bond donors (Lipinski definition) is 6. The third-order valence-corrected chi connectivity index (χ3v) is 32.5. The molecule has 12 heterocycles. The number of thiophene rings is 1. The van der Waals surface area contributed by atoms with Crippen LogP contribution in [0.15, 0.2) is 116 Å². The van der Waals surface area contributed by atoms with E-state index in [0.717, 1.165) is 246 Å². The summed E-state index contributed by atoms with van der Waals surface area (Å²) in [5, 5.41) is 50.7. The number of piperazine rings is 7. The van der Waals surface area contributed by atoms with Crippen molar-refractivity contribution < 1.29 is 34.8 Å². The molecule has 30 nitrogen and oxygen atoms in total. The minimum atomic E-state index is -0.515. The number of nitrogens with zero attached hydrogens (tertiary/aromatic N) is 21. The molecule has 7 saturated heterocycles. The second-order valence-corrected chi connectivity index (χ2v) is 43.2. The molecule has 138 heavy (non-hydrogen) atoms. The lowest BCUT2D eigenvalue weighted by Crippen LogP contribution is -2.52. The highest BCUT2D eigenvalue weighted by molar-refractivity contribution is 7.16. The van der Waals surface area contributed by atoms with Gasteiger partial charge < -0.3 is 75.2 Å². The van der Waals surface area contributed by atoms with Gasteiger partial charge in [-0.05, 0) is 135 Å². The zero-order chi connectivity index (χ0) is 97.3. The second kappa shape index (κ2) is 46.9. The molecule has 0 spiro atoms. The van der Waals surface area contributed by atoms with Crippen molar-refractivity contribution in [3.63, 3.8) is 0 Å². The Kier molecular flexibility index (Phi) is 34.9. The van der Waals surface area contributed by atoms with Gasteiger partial charge in [0.2, 0.25) is 17.7 Å². The monoisotopic (exact) mass is 2000 g/mol. The second-order valence-electron chi connectivity index (χ2n) is 39.8. The van der Waals surface area contributed by atoms with Crippen LogP contribution in [0.3, 0.4) is 0 Å². The van der Waals surface area contributed by atoms with E-state index in [-0.39, 0.29) is 65.1 Å². The van der Waals surface area contributed by atoms with Gasteiger partial charge >= 0.3 is 0 Å². The third-order valence-electron chi connectivity index (χ3n) is 29.9. The lowest BCUT2D eigenvalue weighted by Gasteiger charge is -2.42. The molecule has 744 valence electrons. The van der Waals surface area contributed by atoms with E-state index in [4.69, 9.17) is 58.0 Å². The largest absolute Gasteiger partial charge is 0.387 e. The fourth-order valence-electron chi connectivity index (χ4n) is 21.8. The fourth-order valence-corrected chi connectivity index (χ4v) is 23.5. The van der Waals surface area contributed by atoms with Gasteiger partial charge in [0.1, 0.15) is 48.6 Å². The van der Waals surface area contributed by atoms with Crippen LogP contribution < -0.4 is 30.2 Å². The van der Waals surface area contributed by atoms with E-state index in [0.29, 0.717) is 121 Å². The summed E-state index contributed by atoms with van der Waals surface area (Å²) in [5.41, 5.74) is 11.7. The summed E-state index contributed by atoms with van der Waals surface area (Å²) < 4.78 is 0.705. The molecule has 3 aromatic carbocycles. The lowest BCUT2D eigenvalue weighted by molar-refractivity contribution is -0.134. The summed E-state index contributed by atoms with van der Waals surface area (Å²) >= 11 is 32.6. The third kappa shape index (κ3) is 24.3. The Balaban J connectivity index is 0.000000133. The van der Waals surface area contributed by atoms with Gasteiger partial charge in [0.15, 0.2) is 0 Å². The Morgan fingerprint density at radius 2 is 0.746 bits per heavy atom. The summed E-state index contributed by atoms with van der Waals surface area (Å²) in [7, 11) is 2.15. The maximum absolute atomic E-state index is 13.8. The van der Waals surface area contributed by atoms with Crippen LogP contribution in [0, 0.1) is 0 Å². The predicted molar refractivity (Wildman–Crippen MR) is 549 cm³/mol. The van der Waals surface area contributed by atoms with Crippen molar-refractivity contribution in [2.45, 2.75) is 165 Å². The lowest BCUT2D eigenvalue weighted by atomic mass is 9.93. The van der Waals surface area contributed by atoms with Crippen LogP contribution in [-0.2, 0) is 14.4 Å². The highest BCUT2D eigenvalue weighted by Gasteiger charge is 2.43. The van der Waals surface area contributed by atoms with Crippen LogP contribution in [0.25, 0.3) is 0 Å². The average Bonchev–Trinajstić information content (AvgIpc) is 1.61. The van der Waals surface area contributed by atoms with Gasteiger partial charge in [0.25, 0.3) is 0 Å². The molecule has 3 amide bonds. The summed E-state index contributed by atoms with van der Waals surface area (Å²) in [6, 6.07) is 26.2. The molecule has 0 bridgehead atoms. The van der Waals surface area contributed by atoms with E-state index in [1.807, 2.05) is 87.5 Å². The molecule has 0 saturated carbocycles. The van der Waals surface area contributed by atoms with E-state index in [1.165, 1.54) is 11.3 Å². The highest BCUT2D eigenvalue weighted by Crippen LogP contribution is 2.48. The molecule has 8 aromatic rings. The number of rotatable bonds is 23. The molecule has 19 rings (SSSR count). The number of aromatic nitrogens is 8. The van der Waals surface area contributed by atoms with Gasteiger partial charge in [0.05, 0.1) is 79.3 Å². The predicted octanol–water partition coefficient (Wildman–Crippen LogP) is 12.3. The topological polar surface area (TPSA) is 301 Å². The van der Waals surface area contributed by atoms with Crippen LogP contribution in [-0.4, -0.2) is 351 Å². The first-order valence-electron chi connectivity index (χ1n) is 49.6. The minimum Gasteiger partial charge on any atom is -0.387 e. The van der Waals surface area contributed by atoms with Crippen molar-refractivity contribution in [3.8, 4) is 0 Å². The molecular formula is C102H138Cl5N23O7S. The number of carbonyl (C=O) groups excluding carboxylic acids is 3. The number of aliphatic hydroxyl groups excluding tert-OH is 4. The van der Waals surface area contributed by atoms with Gasteiger partial charge in [-0.2, -0.15) is 0 Å². The SMILES string of the molecule is C=C([C@H](CN1CCN(C(C)C)CC1)c1ccc(Cl)c(Cl)c1)N1CCN(c2ncnc3c2[C@H](C)C[C@H]3O)CC1.CC(C)NC[C@@H](C(=O)N1CCN(c2ncnc3c2[C@H](C)C[C@@H]3O)CC1)c1ccc(Cl)s1.C[C@@H]1C[C@@H](O)c2ncnc(N3CCN(C(=O)[C@H](CN4CCN(C)CC4)c4ccc(Cl)cc4)CC3)c21.C[C@@H]1C[C@@H](O)c2ncnc(N3CCN(C(=O)[C@H](CN4CCNCC4)c4ccc(Cl)cc4)CC3)c21. The fraction of sp³-hybridized carbons (Fsp3) is 0.578. The first-order chi connectivity index (χ1) is 66.5. The standard InChI is InChI=1S/C29H40Cl2N6O.C26H35ClN6O2.C25H33ClN6O2.C22H30ClN5O2S/c1-19(2)35-9-7-34(8-10-35)17-23(22-5-6-24(30)25(31)16-22)21(4)36-11-13-37(14-12-36)29-27-20(3)15-26(38)28(27)32-18-33-29;1-18-15-22(34)24-23(18)25(29-17-28-24)32-11-13-33(14-12-32)26(35)21(19-3-5-20(27)6-4-19)16-31-9-7-30(2)8-10-31;1-17-14-21(33)23-22(17)24(29-16-28-23)31-10-12-32(13-11-31)25(34)20(15-30-8-6-27-7-9-30)18-2-4-19(26)5-3-18;1-13(2)24-11-15(17-4-5-18(23)31-17)22(30)28-8-6-27(7-9-28)21-19-14(3)10-16(29)20(19)25-12-26-21/h5-6,16,18-20,23,26,38H,4,7-15,17H2,1-3H3;3-6,17-18,21-22,34H,7-16H2,1-2H3;2-5,16-17,20-21,27,33H,6-15H2,1H3;4-5,12-16,24,29H,6-11H2,1-3H3/t20-,23+,26-;18-,21-,22-;17-,20-,21-;14-,15-,16+/m1111/s1. The number of halogens is 5. The Labute approximate surface area is 842 Å². The quantitative estimate of drug-likeness (QED) is 0.0347. The molecule has 7 fully saturated rings. The summed E-state index contributed by atoms with van der Waals surface area (Å²) in [6.07, 6.45) is 7.00. The van der Waals surface area contributed by atoms with E-state index < -0.39 is 24.4 Å². The van der Waals surface area contributed by atoms with Crippen molar-refractivity contribution in [1.82, 2.24) is 94.6 Å². The molecule has 0 radical (unpaired) electrons. The minimum absolute atomic E-state index is 0.139. The Morgan fingerprint density at radius 1 is 0.406 bits per heavy atom. The summed E-state index contributed by atoms with van der Waals surface area (Å²) in [6.45, 7) is 48.6. The first-order valence-corrected chi connectivity index (χ1v) is 52.4. The van der Waals surface area contributed by atoms with Gasteiger partial charge in [-0.3, -0.25) is 34.0 Å². The molecule has 36 heteroatoms. The molecule has 11 aliphatic rings. The molecule has 12 atom stereocenters. The molecular weight excluding hydrogens is 1870 g/mol.